The summed E-state index contributed by atoms with van der Waals surface area (Å²) in [4.78, 5) is 6.92. The average Bonchev–Trinajstić information content (AvgIpc) is 2.71. The Kier molecular flexibility index (Phi) is 3.25. The number of thiazole rings is 1. The lowest BCUT2D eigenvalue weighted by Gasteiger charge is -1.99. The highest BCUT2D eigenvalue weighted by Gasteiger charge is 2.14. The highest BCUT2D eigenvalue weighted by Crippen LogP contribution is 2.38. The van der Waals surface area contributed by atoms with E-state index in [9.17, 15) is 0 Å². The Hall–Kier alpha value is -0.230. The van der Waals surface area contributed by atoms with E-state index >= 15 is 0 Å². The van der Waals surface area contributed by atoms with Gasteiger partial charge >= 0.3 is 0 Å². The lowest BCUT2D eigenvalue weighted by atomic mass is 10.2. The van der Waals surface area contributed by atoms with Gasteiger partial charge < -0.3 is 5.73 Å². The summed E-state index contributed by atoms with van der Waals surface area (Å²) < 4.78 is 1.11. The van der Waals surface area contributed by atoms with Crippen LogP contribution in [0.2, 0.25) is 0 Å². The first-order chi connectivity index (χ1) is 7.09. The molecule has 2 nitrogen and oxygen atoms in total. The summed E-state index contributed by atoms with van der Waals surface area (Å²) >= 11 is 6.90. The topological polar surface area (TPSA) is 38.9 Å². The van der Waals surface area contributed by atoms with Crippen LogP contribution in [0.4, 0.5) is 0 Å². The number of rotatable bonds is 2. The number of nitrogens with two attached hydrogens (primary N) is 1. The van der Waals surface area contributed by atoms with Gasteiger partial charge in [0.25, 0.3) is 0 Å². The molecule has 0 aliphatic heterocycles. The zero-order chi connectivity index (χ0) is 11.0. The van der Waals surface area contributed by atoms with Crippen LogP contribution in [0.25, 0.3) is 9.88 Å². The molecule has 1 unspecified atom stereocenters. The summed E-state index contributed by atoms with van der Waals surface area (Å²) in [5, 5.41) is 3.11. The molecule has 0 aliphatic rings. The van der Waals surface area contributed by atoms with Crippen LogP contribution in [0.3, 0.4) is 0 Å². The van der Waals surface area contributed by atoms with E-state index in [1.54, 1.807) is 22.7 Å². The second-order valence-corrected chi connectivity index (χ2v) is 6.16. The molecule has 0 fully saturated rings. The Balaban J connectivity index is 2.47. The quantitative estimate of drug-likeness (QED) is 0.912. The molecule has 0 saturated carbocycles. The lowest BCUT2D eigenvalue weighted by molar-refractivity contribution is 0.825. The maximum atomic E-state index is 5.88. The fourth-order valence-corrected chi connectivity index (χ4v) is 4.19. The van der Waals surface area contributed by atoms with Gasteiger partial charge in [-0.2, -0.15) is 0 Å². The van der Waals surface area contributed by atoms with Crippen molar-refractivity contribution >= 4 is 38.6 Å². The summed E-state index contributed by atoms with van der Waals surface area (Å²) in [6.45, 7) is 4.01. The van der Waals surface area contributed by atoms with Gasteiger partial charge in [-0.1, -0.05) is 0 Å². The van der Waals surface area contributed by atoms with E-state index < -0.39 is 0 Å². The van der Waals surface area contributed by atoms with E-state index in [0.717, 1.165) is 15.2 Å². The molecular formula is C10H11BrN2S2. The van der Waals surface area contributed by atoms with Crippen LogP contribution in [-0.2, 0) is 0 Å². The Morgan fingerprint density at radius 2 is 2.27 bits per heavy atom. The van der Waals surface area contributed by atoms with Gasteiger partial charge in [-0.05, 0) is 41.2 Å². The second kappa shape index (κ2) is 4.33. The SMILES string of the molecule is Cc1nc(-c2sccc2Br)sc1C(C)N. The van der Waals surface area contributed by atoms with Gasteiger partial charge in [0.1, 0.15) is 5.01 Å². The van der Waals surface area contributed by atoms with Crippen molar-refractivity contribution in [1.29, 1.82) is 0 Å². The van der Waals surface area contributed by atoms with Gasteiger partial charge in [0, 0.05) is 15.4 Å². The summed E-state index contributed by atoms with van der Waals surface area (Å²) in [5.74, 6) is 0. The van der Waals surface area contributed by atoms with Crippen LogP contribution >= 0.6 is 38.6 Å². The number of thiophene rings is 1. The summed E-state index contributed by atoms with van der Waals surface area (Å²) in [7, 11) is 0. The molecule has 0 amide bonds. The van der Waals surface area contributed by atoms with E-state index in [-0.39, 0.29) is 6.04 Å². The Bertz CT molecular complexity index is 473. The van der Waals surface area contributed by atoms with Gasteiger partial charge in [-0.15, -0.1) is 22.7 Å². The Morgan fingerprint density at radius 3 is 2.73 bits per heavy atom. The van der Waals surface area contributed by atoms with Crippen molar-refractivity contribution in [3.63, 3.8) is 0 Å². The van der Waals surface area contributed by atoms with Crippen molar-refractivity contribution in [3.8, 4) is 9.88 Å². The monoisotopic (exact) mass is 302 g/mol. The third kappa shape index (κ3) is 2.15. The highest BCUT2D eigenvalue weighted by molar-refractivity contribution is 9.10. The lowest BCUT2D eigenvalue weighted by Crippen LogP contribution is -2.03. The molecule has 15 heavy (non-hydrogen) atoms. The molecule has 0 radical (unpaired) electrons. The van der Waals surface area contributed by atoms with Crippen LogP contribution in [-0.4, -0.2) is 4.98 Å². The number of nitrogens with zero attached hydrogens (tertiary/aromatic N) is 1. The molecule has 2 aromatic heterocycles. The van der Waals surface area contributed by atoms with Crippen molar-refractivity contribution in [3.05, 3.63) is 26.5 Å². The fraction of sp³-hybridized carbons (Fsp3) is 0.300. The van der Waals surface area contributed by atoms with E-state index in [1.165, 1.54) is 9.75 Å². The van der Waals surface area contributed by atoms with Crippen molar-refractivity contribution in [2.45, 2.75) is 19.9 Å². The average molecular weight is 303 g/mol. The minimum absolute atomic E-state index is 0.0648. The van der Waals surface area contributed by atoms with Gasteiger partial charge in [-0.25, -0.2) is 4.98 Å². The predicted molar refractivity (Wildman–Crippen MR) is 70.5 cm³/mol. The molecule has 1 atom stereocenters. The minimum Gasteiger partial charge on any atom is -0.323 e. The number of hydrogen-bond donors (Lipinski definition) is 1. The number of halogens is 1. The van der Waals surface area contributed by atoms with Crippen molar-refractivity contribution in [1.82, 2.24) is 4.98 Å². The summed E-state index contributed by atoms with van der Waals surface area (Å²) in [5.41, 5.74) is 6.93. The smallest absolute Gasteiger partial charge is 0.135 e. The van der Waals surface area contributed by atoms with Crippen LogP contribution in [0.5, 0.6) is 0 Å². The second-order valence-electron chi connectivity index (χ2n) is 3.36. The molecule has 2 heterocycles. The van der Waals surface area contributed by atoms with E-state index in [2.05, 4.69) is 26.3 Å². The van der Waals surface area contributed by atoms with Crippen molar-refractivity contribution in [2.24, 2.45) is 5.73 Å². The van der Waals surface area contributed by atoms with Gasteiger partial charge in [-0.3, -0.25) is 0 Å². The molecule has 0 aromatic carbocycles. The first-order valence-electron chi connectivity index (χ1n) is 4.56. The minimum atomic E-state index is 0.0648. The molecule has 2 rings (SSSR count). The number of aromatic nitrogens is 1. The number of aryl methyl sites for hydroxylation is 1. The standard InChI is InChI=1S/C10H11BrN2S2/c1-5(12)8-6(2)13-10(15-8)9-7(11)3-4-14-9/h3-5H,12H2,1-2H3. The third-order valence-corrected chi connectivity index (χ3v) is 5.41. The molecule has 2 aromatic rings. The highest BCUT2D eigenvalue weighted by atomic mass is 79.9. The normalized spacial score (nSPS) is 13.1. The zero-order valence-corrected chi connectivity index (χ0v) is 11.7. The molecule has 80 valence electrons. The third-order valence-electron chi connectivity index (χ3n) is 2.06. The Labute approximate surface area is 105 Å². The molecule has 0 spiro atoms. The molecular weight excluding hydrogens is 292 g/mol. The van der Waals surface area contributed by atoms with Gasteiger partial charge in [0.05, 0.1) is 10.6 Å². The largest absolute Gasteiger partial charge is 0.323 e. The fourth-order valence-electron chi connectivity index (χ4n) is 1.37. The van der Waals surface area contributed by atoms with E-state index in [0.29, 0.717) is 0 Å². The zero-order valence-electron chi connectivity index (χ0n) is 8.45. The summed E-state index contributed by atoms with van der Waals surface area (Å²) in [6, 6.07) is 2.11. The van der Waals surface area contributed by atoms with Crippen LogP contribution < -0.4 is 5.73 Å². The number of hydrogen-bond acceptors (Lipinski definition) is 4. The molecule has 5 heteroatoms. The van der Waals surface area contributed by atoms with E-state index in [1.807, 2.05) is 19.9 Å². The maximum absolute atomic E-state index is 5.88. The van der Waals surface area contributed by atoms with Crippen molar-refractivity contribution < 1.29 is 0 Å². The van der Waals surface area contributed by atoms with Crippen LogP contribution in [0.15, 0.2) is 15.9 Å². The maximum Gasteiger partial charge on any atom is 0.135 e. The molecule has 0 aliphatic carbocycles. The van der Waals surface area contributed by atoms with Crippen LogP contribution in [0, 0.1) is 6.92 Å². The molecule has 0 saturated heterocycles. The Morgan fingerprint density at radius 1 is 1.53 bits per heavy atom. The van der Waals surface area contributed by atoms with Gasteiger partial charge in [0.2, 0.25) is 0 Å². The summed E-state index contributed by atoms with van der Waals surface area (Å²) in [6.07, 6.45) is 0. The first kappa shape index (κ1) is 11.3. The first-order valence-corrected chi connectivity index (χ1v) is 7.04. The molecule has 2 N–H and O–H groups in total. The van der Waals surface area contributed by atoms with Gasteiger partial charge in [0.15, 0.2) is 0 Å². The van der Waals surface area contributed by atoms with Crippen molar-refractivity contribution in [2.75, 3.05) is 0 Å². The van der Waals surface area contributed by atoms with Crippen LogP contribution in [0.1, 0.15) is 23.5 Å². The van der Waals surface area contributed by atoms with E-state index in [4.69, 9.17) is 5.73 Å². The predicted octanol–water partition coefficient (Wildman–Crippen LogP) is 3.96. The molecule has 0 bridgehead atoms.